The minimum atomic E-state index is -3.65. The number of rotatable bonds is 6. The molecule has 0 bridgehead atoms. The van der Waals surface area contributed by atoms with Gasteiger partial charge >= 0.3 is 0 Å². The molecule has 0 aliphatic carbocycles. The lowest BCUT2D eigenvalue weighted by atomic mass is 9.97. The third kappa shape index (κ3) is 4.40. The number of benzene rings is 2. The number of sulfonamides is 1. The number of aryl methyl sites for hydroxylation is 3. The Morgan fingerprint density at radius 2 is 1.88 bits per heavy atom. The summed E-state index contributed by atoms with van der Waals surface area (Å²) in [6.45, 7) is 7.36. The fourth-order valence-corrected chi connectivity index (χ4v) is 5.59. The molecule has 1 aliphatic heterocycles. The molecule has 32 heavy (non-hydrogen) atoms. The summed E-state index contributed by atoms with van der Waals surface area (Å²) in [7, 11) is -3.65. The number of anilines is 1. The average Bonchev–Trinajstić information content (AvgIpc) is 3.19. The van der Waals surface area contributed by atoms with Crippen molar-refractivity contribution >= 4 is 32.7 Å². The van der Waals surface area contributed by atoms with Gasteiger partial charge in [-0.3, -0.25) is 4.79 Å². The molecule has 2 heterocycles. The first-order valence-electron chi connectivity index (χ1n) is 11.0. The van der Waals surface area contributed by atoms with Gasteiger partial charge in [0.05, 0.1) is 10.4 Å². The van der Waals surface area contributed by atoms with Crippen LogP contribution in [0.3, 0.4) is 0 Å². The van der Waals surface area contributed by atoms with Gasteiger partial charge in [0.1, 0.15) is 5.52 Å². The van der Waals surface area contributed by atoms with Crippen molar-refractivity contribution in [1.82, 2.24) is 19.3 Å². The molecule has 1 fully saturated rings. The fourth-order valence-electron chi connectivity index (χ4n) is 4.10. The van der Waals surface area contributed by atoms with Crippen LogP contribution in [-0.4, -0.2) is 46.7 Å². The molecule has 170 valence electrons. The van der Waals surface area contributed by atoms with Gasteiger partial charge in [0.2, 0.25) is 15.9 Å². The van der Waals surface area contributed by atoms with Gasteiger partial charge in [0.25, 0.3) is 0 Å². The van der Waals surface area contributed by atoms with E-state index < -0.39 is 10.0 Å². The largest absolute Gasteiger partial charge is 0.326 e. The minimum Gasteiger partial charge on any atom is -0.326 e. The van der Waals surface area contributed by atoms with Crippen LogP contribution >= 0.6 is 0 Å². The highest BCUT2D eigenvalue weighted by atomic mass is 32.2. The zero-order valence-corrected chi connectivity index (χ0v) is 19.5. The van der Waals surface area contributed by atoms with Gasteiger partial charge in [-0.25, -0.2) is 13.1 Å². The SMILES string of the molecule is CCCn1nnc2cc(S(=O)(=O)N3CCC(C(=O)Nc4cc(C)ccc4C)CC3)ccc21. The highest BCUT2D eigenvalue weighted by Gasteiger charge is 2.32. The van der Waals surface area contributed by atoms with Gasteiger partial charge in [0.15, 0.2) is 0 Å². The van der Waals surface area contributed by atoms with Crippen LogP contribution in [0.2, 0.25) is 0 Å². The first-order chi connectivity index (χ1) is 15.3. The molecule has 9 heteroatoms. The van der Waals surface area contributed by atoms with E-state index in [2.05, 4.69) is 22.6 Å². The molecule has 0 unspecified atom stereocenters. The van der Waals surface area contributed by atoms with E-state index in [0.717, 1.165) is 35.3 Å². The van der Waals surface area contributed by atoms with Crippen molar-refractivity contribution in [2.75, 3.05) is 18.4 Å². The number of nitrogens with zero attached hydrogens (tertiary/aromatic N) is 4. The first kappa shape index (κ1) is 22.4. The van der Waals surface area contributed by atoms with E-state index in [1.165, 1.54) is 4.31 Å². The van der Waals surface area contributed by atoms with Gasteiger partial charge in [-0.1, -0.05) is 24.3 Å². The zero-order valence-electron chi connectivity index (χ0n) is 18.7. The summed E-state index contributed by atoms with van der Waals surface area (Å²) in [5, 5.41) is 11.2. The van der Waals surface area contributed by atoms with Gasteiger partial charge in [-0.15, -0.1) is 5.10 Å². The zero-order chi connectivity index (χ0) is 22.9. The maximum absolute atomic E-state index is 13.2. The Hall–Kier alpha value is -2.78. The number of amides is 1. The van der Waals surface area contributed by atoms with Gasteiger partial charge in [-0.2, -0.15) is 4.31 Å². The highest BCUT2D eigenvalue weighted by molar-refractivity contribution is 7.89. The van der Waals surface area contributed by atoms with E-state index in [0.29, 0.717) is 31.4 Å². The molecule has 0 saturated carbocycles. The molecular weight excluding hydrogens is 426 g/mol. The molecule has 1 saturated heterocycles. The standard InChI is InChI=1S/C23H29N5O3S/c1-4-11-28-22-8-7-19(15-21(22)25-26-28)32(30,31)27-12-9-18(10-13-27)23(29)24-20-14-16(2)5-6-17(20)3/h5-8,14-15,18H,4,9-13H2,1-3H3,(H,24,29). The molecule has 0 spiro atoms. The quantitative estimate of drug-likeness (QED) is 0.614. The van der Waals surface area contributed by atoms with E-state index in [1.54, 1.807) is 22.9 Å². The van der Waals surface area contributed by atoms with Gasteiger partial charge in [-0.05, 0) is 68.5 Å². The molecule has 1 aromatic heterocycles. The lowest BCUT2D eigenvalue weighted by Crippen LogP contribution is -2.41. The molecule has 1 aliphatic rings. The van der Waals surface area contributed by atoms with Gasteiger partial charge < -0.3 is 5.32 Å². The van der Waals surface area contributed by atoms with E-state index in [4.69, 9.17) is 0 Å². The predicted octanol–water partition coefficient (Wildman–Crippen LogP) is 3.50. The average molecular weight is 456 g/mol. The Morgan fingerprint density at radius 1 is 1.12 bits per heavy atom. The van der Waals surface area contributed by atoms with E-state index in [-0.39, 0.29) is 16.7 Å². The smallest absolute Gasteiger partial charge is 0.243 e. The maximum Gasteiger partial charge on any atom is 0.243 e. The van der Waals surface area contributed by atoms with Crippen molar-refractivity contribution in [2.24, 2.45) is 5.92 Å². The second kappa shape index (κ2) is 8.99. The number of fused-ring (bicyclic) bond motifs is 1. The molecule has 0 radical (unpaired) electrons. The number of carbonyl (C=O) groups excluding carboxylic acids is 1. The Morgan fingerprint density at radius 3 is 2.59 bits per heavy atom. The van der Waals surface area contributed by atoms with E-state index >= 15 is 0 Å². The molecule has 8 nitrogen and oxygen atoms in total. The third-order valence-corrected chi connectivity index (χ3v) is 7.93. The number of aromatic nitrogens is 3. The summed E-state index contributed by atoms with van der Waals surface area (Å²) >= 11 is 0. The molecule has 1 N–H and O–H groups in total. The van der Waals surface area contributed by atoms with Gasteiger partial charge in [0, 0.05) is 31.2 Å². The summed E-state index contributed by atoms with van der Waals surface area (Å²) in [6, 6.07) is 10.9. The summed E-state index contributed by atoms with van der Waals surface area (Å²) in [5.41, 5.74) is 4.30. The molecule has 0 atom stereocenters. The third-order valence-electron chi connectivity index (χ3n) is 6.03. The summed E-state index contributed by atoms with van der Waals surface area (Å²) in [6.07, 6.45) is 1.90. The first-order valence-corrected chi connectivity index (χ1v) is 12.4. The Bertz CT molecular complexity index is 1240. The number of nitrogens with one attached hydrogen (secondary N) is 1. The number of piperidine rings is 1. The van der Waals surface area contributed by atoms with Crippen molar-refractivity contribution in [3.8, 4) is 0 Å². The molecule has 1 amide bonds. The van der Waals surface area contributed by atoms with Crippen LogP contribution in [0, 0.1) is 19.8 Å². The molecule has 3 aromatic rings. The highest BCUT2D eigenvalue weighted by Crippen LogP contribution is 2.27. The number of carbonyl (C=O) groups is 1. The van der Waals surface area contributed by atoms with Crippen LogP contribution < -0.4 is 5.32 Å². The topological polar surface area (TPSA) is 97.2 Å². The van der Waals surface area contributed by atoms with Crippen molar-refractivity contribution in [2.45, 2.75) is 51.5 Å². The fraction of sp³-hybridized carbons (Fsp3) is 0.435. The van der Waals surface area contributed by atoms with Crippen LogP contribution in [0.15, 0.2) is 41.3 Å². The summed E-state index contributed by atoms with van der Waals surface area (Å²) < 4.78 is 29.6. The minimum absolute atomic E-state index is 0.0512. The lowest BCUT2D eigenvalue weighted by Gasteiger charge is -2.30. The normalized spacial score (nSPS) is 15.8. The van der Waals surface area contributed by atoms with Crippen molar-refractivity contribution in [3.05, 3.63) is 47.5 Å². The van der Waals surface area contributed by atoms with Crippen LogP contribution in [0.5, 0.6) is 0 Å². The maximum atomic E-state index is 13.2. The monoisotopic (exact) mass is 455 g/mol. The van der Waals surface area contributed by atoms with E-state index in [1.807, 2.05) is 32.0 Å². The molecular formula is C23H29N5O3S. The van der Waals surface area contributed by atoms with Crippen molar-refractivity contribution in [1.29, 1.82) is 0 Å². The Labute approximate surface area is 188 Å². The second-order valence-electron chi connectivity index (χ2n) is 8.45. The number of hydrogen-bond acceptors (Lipinski definition) is 5. The van der Waals surface area contributed by atoms with Crippen molar-refractivity contribution < 1.29 is 13.2 Å². The summed E-state index contributed by atoms with van der Waals surface area (Å²) in [5.74, 6) is -0.262. The molecule has 4 rings (SSSR count). The lowest BCUT2D eigenvalue weighted by molar-refractivity contribution is -0.120. The summed E-state index contributed by atoms with van der Waals surface area (Å²) in [4.78, 5) is 13.0. The van der Waals surface area contributed by atoms with Crippen LogP contribution in [0.25, 0.3) is 11.0 Å². The van der Waals surface area contributed by atoms with Crippen LogP contribution in [0.1, 0.15) is 37.3 Å². The van der Waals surface area contributed by atoms with Crippen LogP contribution in [-0.2, 0) is 21.4 Å². The molecule has 2 aromatic carbocycles. The predicted molar refractivity (Wildman–Crippen MR) is 124 cm³/mol. The second-order valence-corrected chi connectivity index (χ2v) is 10.4. The Balaban J connectivity index is 1.43. The van der Waals surface area contributed by atoms with Crippen molar-refractivity contribution in [3.63, 3.8) is 0 Å². The van der Waals surface area contributed by atoms with Crippen LogP contribution in [0.4, 0.5) is 5.69 Å². The van der Waals surface area contributed by atoms with E-state index in [9.17, 15) is 13.2 Å². The Kier molecular flexibility index (Phi) is 6.30. The number of hydrogen-bond donors (Lipinski definition) is 1.